The Labute approximate surface area is 119 Å². The minimum Gasteiger partial charge on any atom is -0.476 e. The van der Waals surface area contributed by atoms with Gasteiger partial charge in [-0.05, 0) is 6.92 Å². The Kier molecular flexibility index (Phi) is 4.14. The van der Waals surface area contributed by atoms with Crippen molar-refractivity contribution in [1.29, 1.82) is 0 Å². The minimum atomic E-state index is -1.07. The summed E-state index contributed by atoms with van der Waals surface area (Å²) in [5, 5.41) is 14.5. The van der Waals surface area contributed by atoms with Gasteiger partial charge in [0.05, 0.1) is 24.1 Å². The van der Waals surface area contributed by atoms with Crippen molar-refractivity contribution in [3.05, 3.63) is 38.7 Å². The molecule has 0 aliphatic carbocycles. The third kappa shape index (κ3) is 3.02. The van der Waals surface area contributed by atoms with E-state index in [0.29, 0.717) is 5.69 Å². The van der Waals surface area contributed by atoms with Crippen LogP contribution in [0.25, 0.3) is 0 Å². The summed E-state index contributed by atoms with van der Waals surface area (Å²) in [5.41, 5.74) is 1.02. The van der Waals surface area contributed by atoms with E-state index in [4.69, 9.17) is 5.11 Å². The monoisotopic (exact) mass is 294 g/mol. The average molecular weight is 294 g/mol. The van der Waals surface area contributed by atoms with Crippen molar-refractivity contribution in [3.63, 3.8) is 0 Å². The zero-order chi connectivity index (χ0) is 14.7. The maximum absolute atomic E-state index is 11.9. The van der Waals surface area contributed by atoms with Gasteiger partial charge in [0, 0.05) is 25.0 Å². The lowest BCUT2D eigenvalue weighted by molar-refractivity contribution is 0.0696. The number of carboxylic acid groups (broad SMARTS) is 1. The van der Waals surface area contributed by atoms with E-state index in [2.05, 4.69) is 10.1 Å². The van der Waals surface area contributed by atoms with Crippen LogP contribution in [0.15, 0.2) is 22.4 Å². The highest BCUT2D eigenvalue weighted by atomic mass is 32.1. The molecule has 0 radical (unpaired) electrons. The molecule has 0 saturated heterocycles. The van der Waals surface area contributed by atoms with Gasteiger partial charge in [0.2, 0.25) is 5.01 Å². The maximum Gasteiger partial charge on any atom is 0.365 e. The van der Waals surface area contributed by atoms with Crippen molar-refractivity contribution < 1.29 is 9.90 Å². The zero-order valence-electron chi connectivity index (χ0n) is 11.1. The normalized spacial score (nSPS) is 10.5. The van der Waals surface area contributed by atoms with Crippen LogP contribution in [0.3, 0.4) is 0 Å². The number of carboxylic acids is 1. The summed E-state index contributed by atoms with van der Waals surface area (Å²) in [6.45, 7) is 2.92. The van der Waals surface area contributed by atoms with E-state index in [1.165, 1.54) is 10.7 Å². The molecule has 0 spiro atoms. The first-order chi connectivity index (χ1) is 9.51. The third-order valence-electron chi connectivity index (χ3n) is 2.82. The summed E-state index contributed by atoms with van der Waals surface area (Å²) in [6.07, 6.45) is 1.61. The Morgan fingerprint density at radius 2 is 2.30 bits per heavy atom. The molecule has 0 fully saturated rings. The van der Waals surface area contributed by atoms with Crippen LogP contribution in [0.1, 0.15) is 22.4 Å². The summed E-state index contributed by atoms with van der Waals surface area (Å²) in [7, 11) is 1.88. The molecule has 0 atom stereocenters. The fourth-order valence-corrected chi connectivity index (χ4v) is 2.21. The molecule has 0 amide bonds. The number of hydrogen-bond donors (Lipinski definition) is 1. The quantitative estimate of drug-likeness (QED) is 0.881. The summed E-state index contributed by atoms with van der Waals surface area (Å²) >= 11 is 1.03. The first-order valence-corrected chi connectivity index (χ1v) is 6.85. The van der Waals surface area contributed by atoms with E-state index in [1.807, 2.05) is 18.9 Å². The van der Waals surface area contributed by atoms with Gasteiger partial charge in [-0.3, -0.25) is 4.79 Å². The van der Waals surface area contributed by atoms with Gasteiger partial charge in [-0.25, -0.2) is 14.5 Å². The van der Waals surface area contributed by atoms with E-state index in [9.17, 15) is 9.59 Å². The van der Waals surface area contributed by atoms with Crippen molar-refractivity contribution >= 4 is 23.0 Å². The average Bonchev–Trinajstić information content (AvgIpc) is 2.89. The van der Waals surface area contributed by atoms with Crippen LogP contribution < -0.4 is 10.5 Å². The molecule has 0 saturated carbocycles. The molecule has 8 heteroatoms. The van der Waals surface area contributed by atoms with E-state index in [0.717, 1.165) is 23.6 Å². The molecule has 0 aliphatic heterocycles. The summed E-state index contributed by atoms with van der Waals surface area (Å²) in [5.74, 6) is -1.07. The Balaban J connectivity index is 2.21. The number of carbonyl (C=O) groups is 1. The first-order valence-electron chi connectivity index (χ1n) is 5.97. The van der Waals surface area contributed by atoms with E-state index in [-0.39, 0.29) is 17.1 Å². The number of thiazole rings is 1. The SMILES string of the molecule is CCN(C)c1cnn(Cc2csc(C(=O)O)n2)c(=O)c1. The number of hydrogen-bond acceptors (Lipinski definition) is 6. The highest BCUT2D eigenvalue weighted by molar-refractivity contribution is 7.11. The molecule has 0 aliphatic rings. The fourth-order valence-electron chi connectivity index (χ4n) is 1.57. The van der Waals surface area contributed by atoms with Gasteiger partial charge in [0.25, 0.3) is 5.56 Å². The highest BCUT2D eigenvalue weighted by Crippen LogP contribution is 2.11. The lowest BCUT2D eigenvalue weighted by Crippen LogP contribution is -2.26. The smallest absolute Gasteiger partial charge is 0.365 e. The molecule has 0 unspecified atom stereocenters. The van der Waals surface area contributed by atoms with E-state index >= 15 is 0 Å². The van der Waals surface area contributed by atoms with E-state index in [1.54, 1.807) is 11.6 Å². The second-order valence-electron chi connectivity index (χ2n) is 4.17. The third-order valence-corrected chi connectivity index (χ3v) is 3.70. The van der Waals surface area contributed by atoms with Crippen LogP contribution >= 0.6 is 11.3 Å². The van der Waals surface area contributed by atoms with Crippen LogP contribution in [0.2, 0.25) is 0 Å². The van der Waals surface area contributed by atoms with Crippen LogP contribution in [0.4, 0.5) is 5.69 Å². The Bertz CT molecular complexity index is 679. The molecule has 106 valence electrons. The van der Waals surface area contributed by atoms with Gasteiger partial charge in [-0.15, -0.1) is 11.3 Å². The largest absolute Gasteiger partial charge is 0.476 e. The number of aromatic nitrogens is 3. The lowest BCUT2D eigenvalue weighted by atomic mass is 10.4. The van der Waals surface area contributed by atoms with Crippen LogP contribution in [-0.4, -0.2) is 39.4 Å². The molecule has 2 aromatic heterocycles. The van der Waals surface area contributed by atoms with Gasteiger partial charge in [0.1, 0.15) is 0 Å². The molecular formula is C12H14N4O3S. The molecule has 2 rings (SSSR count). The number of nitrogens with zero attached hydrogens (tertiary/aromatic N) is 4. The van der Waals surface area contributed by atoms with Crippen LogP contribution in [0, 0.1) is 0 Å². The second-order valence-corrected chi connectivity index (χ2v) is 5.03. The highest BCUT2D eigenvalue weighted by Gasteiger charge is 2.10. The minimum absolute atomic E-state index is 0.00962. The number of rotatable bonds is 5. The summed E-state index contributed by atoms with van der Waals surface area (Å²) in [4.78, 5) is 28.5. The Hall–Kier alpha value is -2.22. The standard InChI is InChI=1S/C12H14N4O3S/c1-3-15(2)9-4-10(17)16(13-5-9)6-8-7-20-11(14-8)12(18)19/h4-5,7H,3,6H2,1-2H3,(H,18,19). The Morgan fingerprint density at radius 3 is 2.85 bits per heavy atom. The molecular weight excluding hydrogens is 280 g/mol. The van der Waals surface area contributed by atoms with E-state index < -0.39 is 5.97 Å². The van der Waals surface area contributed by atoms with Crippen molar-refractivity contribution in [2.24, 2.45) is 0 Å². The molecule has 2 aromatic rings. The number of aromatic carboxylic acids is 1. The molecule has 7 nitrogen and oxygen atoms in total. The number of anilines is 1. The molecule has 1 N–H and O–H groups in total. The van der Waals surface area contributed by atoms with Crippen LogP contribution in [-0.2, 0) is 6.54 Å². The topological polar surface area (TPSA) is 88.3 Å². The van der Waals surface area contributed by atoms with Crippen molar-refractivity contribution in [2.75, 3.05) is 18.5 Å². The second kappa shape index (κ2) is 5.83. The lowest BCUT2D eigenvalue weighted by Gasteiger charge is -2.16. The van der Waals surface area contributed by atoms with Gasteiger partial charge < -0.3 is 10.0 Å². The summed E-state index contributed by atoms with van der Waals surface area (Å²) in [6, 6.07) is 1.50. The molecule has 0 aromatic carbocycles. The first kappa shape index (κ1) is 14.2. The predicted octanol–water partition coefficient (Wildman–Crippen LogP) is 0.902. The summed E-state index contributed by atoms with van der Waals surface area (Å²) < 4.78 is 1.26. The molecule has 2 heterocycles. The molecule has 0 bridgehead atoms. The zero-order valence-corrected chi connectivity index (χ0v) is 11.9. The predicted molar refractivity (Wildman–Crippen MR) is 75.6 cm³/mol. The molecule has 20 heavy (non-hydrogen) atoms. The van der Waals surface area contributed by atoms with Crippen LogP contribution in [0.5, 0.6) is 0 Å². The van der Waals surface area contributed by atoms with Crippen molar-refractivity contribution in [2.45, 2.75) is 13.5 Å². The fraction of sp³-hybridized carbons (Fsp3) is 0.333. The Morgan fingerprint density at radius 1 is 1.55 bits per heavy atom. The van der Waals surface area contributed by atoms with Gasteiger partial charge in [-0.2, -0.15) is 5.10 Å². The van der Waals surface area contributed by atoms with Gasteiger partial charge in [-0.1, -0.05) is 0 Å². The van der Waals surface area contributed by atoms with Crippen molar-refractivity contribution in [3.8, 4) is 0 Å². The van der Waals surface area contributed by atoms with Gasteiger partial charge >= 0.3 is 5.97 Å². The maximum atomic E-state index is 11.9. The van der Waals surface area contributed by atoms with Gasteiger partial charge in [0.15, 0.2) is 0 Å². The van der Waals surface area contributed by atoms with Crippen molar-refractivity contribution in [1.82, 2.24) is 14.8 Å².